The summed E-state index contributed by atoms with van der Waals surface area (Å²) in [7, 11) is 0. The molecule has 1 aromatic carbocycles. The third kappa shape index (κ3) is 3.06. The number of nitrogens with zero attached hydrogens (tertiary/aromatic N) is 1. The van der Waals surface area contributed by atoms with Crippen molar-refractivity contribution in [2.75, 3.05) is 0 Å². The van der Waals surface area contributed by atoms with Gasteiger partial charge < -0.3 is 5.11 Å². The standard InChI is InChI=1S/C10H6FNO4/c11-8-5-4-7(2-1-3-10(13)14)9(6-8)12(15)16/h4-6H,3H2,(H,13,14). The molecule has 0 aromatic heterocycles. The molecule has 0 aliphatic rings. The molecule has 5 nitrogen and oxygen atoms in total. The smallest absolute Gasteiger partial charge is 0.315 e. The summed E-state index contributed by atoms with van der Waals surface area (Å²) in [6, 6.07) is 2.91. The maximum absolute atomic E-state index is 12.7. The number of halogens is 1. The van der Waals surface area contributed by atoms with Crippen molar-refractivity contribution in [3.05, 3.63) is 39.7 Å². The zero-order valence-corrected chi connectivity index (χ0v) is 7.94. The van der Waals surface area contributed by atoms with Gasteiger partial charge in [0.05, 0.1) is 11.0 Å². The van der Waals surface area contributed by atoms with Crippen LogP contribution in [-0.2, 0) is 4.79 Å². The Kier molecular flexibility index (Phi) is 3.56. The molecule has 0 unspecified atom stereocenters. The predicted octanol–water partition coefficient (Wildman–Crippen LogP) is 1.56. The highest BCUT2D eigenvalue weighted by Crippen LogP contribution is 2.18. The number of nitro groups is 1. The second-order valence-electron chi connectivity index (χ2n) is 2.79. The fourth-order valence-electron chi connectivity index (χ4n) is 0.977. The minimum absolute atomic E-state index is 0.00681. The van der Waals surface area contributed by atoms with Gasteiger partial charge in [0, 0.05) is 0 Å². The summed E-state index contributed by atoms with van der Waals surface area (Å²) < 4.78 is 12.7. The number of carboxylic acids is 1. The maximum atomic E-state index is 12.7. The molecule has 0 saturated carbocycles. The first-order chi connectivity index (χ1) is 7.50. The van der Waals surface area contributed by atoms with Crippen molar-refractivity contribution in [2.24, 2.45) is 0 Å². The summed E-state index contributed by atoms with van der Waals surface area (Å²) in [5, 5.41) is 18.8. The van der Waals surface area contributed by atoms with Crippen molar-refractivity contribution >= 4 is 11.7 Å². The van der Waals surface area contributed by atoms with Crippen molar-refractivity contribution in [1.82, 2.24) is 0 Å². The van der Waals surface area contributed by atoms with Gasteiger partial charge in [-0.05, 0) is 12.1 Å². The van der Waals surface area contributed by atoms with Gasteiger partial charge in [0.2, 0.25) is 0 Å². The van der Waals surface area contributed by atoms with Gasteiger partial charge in [-0.1, -0.05) is 11.8 Å². The van der Waals surface area contributed by atoms with Gasteiger partial charge >= 0.3 is 5.97 Å². The molecule has 0 aliphatic heterocycles. The summed E-state index contributed by atoms with van der Waals surface area (Å²) in [5.41, 5.74) is -0.481. The highest BCUT2D eigenvalue weighted by molar-refractivity contribution is 5.70. The van der Waals surface area contributed by atoms with E-state index in [1.807, 2.05) is 0 Å². The molecule has 6 heteroatoms. The van der Waals surface area contributed by atoms with Crippen molar-refractivity contribution < 1.29 is 19.2 Å². The van der Waals surface area contributed by atoms with Gasteiger partial charge in [-0.15, -0.1) is 0 Å². The highest BCUT2D eigenvalue weighted by Gasteiger charge is 2.12. The van der Waals surface area contributed by atoms with Crippen LogP contribution < -0.4 is 0 Å². The van der Waals surface area contributed by atoms with Crippen molar-refractivity contribution in [1.29, 1.82) is 0 Å². The molecule has 0 spiro atoms. The number of benzene rings is 1. The normalized spacial score (nSPS) is 9.06. The van der Waals surface area contributed by atoms with Gasteiger partial charge in [0.25, 0.3) is 5.69 Å². The molecule has 0 atom stereocenters. The van der Waals surface area contributed by atoms with Crippen LogP contribution in [0.2, 0.25) is 0 Å². The average Bonchev–Trinajstić information content (AvgIpc) is 2.19. The summed E-state index contributed by atoms with van der Waals surface area (Å²) in [6.45, 7) is 0. The molecule has 0 radical (unpaired) electrons. The predicted molar refractivity (Wildman–Crippen MR) is 52.2 cm³/mol. The van der Waals surface area contributed by atoms with Crippen LogP contribution in [0.15, 0.2) is 18.2 Å². The van der Waals surface area contributed by atoms with Crippen LogP contribution in [0.4, 0.5) is 10.1 Å². The van der Waals surface area contributed by atoms with Crippen LogP contribution in [0.3, 0.4) is 0 Å². The molecule has 0 fully saturated rings. The van der Waals surface area contributed by atoms with Gasteiger partial charge in [-0.25, -0.2) is 4.39 Å². The van der Waals surface area contributed by atoms with E-state index in [1.54, 1.807) is 0 Å². The Morgan fingerprint density at radius 1 is 1.56 bits per heavy atom. The lowest BCUT2D eigenvalue weighted by Gasteiger charge is -1.94. The molecule has 16 heavy (non-hydrogen) atoms. The molecule has 1 aromatic rings. The van der Waals surface area contributed by atoms with Crippen LogP contribution in [0.25, 0.3) is 0 Å². The van der Waals surface area contributed by atoms with Crippen molar-refractivity contribution in [3.8, 4) is 11.8 Å². The summed E-state index contributed by atoms with van der Waals surface area (Å²) >= 11 is 0. The van der Waals surface area contributed by atoms with Crippen molar-refractivity contribution in [3.63, 3.8) is 0 Å². The SMILES string of the molecule is O=C(O)CC#Cc1ccc(F)cc1[N+](=O)[O-]. The van der Waals surface area contributed by atoms with E-state index in [0.29, 0.717) is 0 Å². The van der Waals surface area contributed by atoms with Crippen LogP contribution in [-0.4, -0.2) is 16.0 Å². The summed E-state index contributed by atoms with van der Waals surface area (Å²) in [5.74, 6) is 2.69. The second-order valence-corrected chi connectivity index (χ2v) is 2.79. The lowest BCUT2D eigenvalue weighted by molar-refractivity contribution is -0.385. The minimum atomic E-state index is -1.13. The van der Waals surface area contributed by atoms with Gasteiger partial charge in [0.15, 0.2) is 0 Å². The van der Waals surface area contributed by atoms with Gasteiger partial charge in [-0.2, -0.15) is 0 Å². The van der Waals surface area contributed by atoms with E-state index in [9.17, 15) is 19.3 Å². The highest BCUT2D eigenvalue weighted by atomic mass is 19.1. The first kappa shape index (κ1) is 11.7. The third-order valence-corrected chi connectivity index (χ3v) is 1.62. The van der Waals surface area contributed by atoms with Crippen LogP contribution in [0.1, 0.15) is 12.0 Å². The van der Waals surface area contributed by atoms with Crippen molar-refractivity contribution in [2.45, 2.75) is 6.42 Å². The Hall–Kier alpha value is -2.42. The van der Waals surface area contributed by atoms with Crippen LogP contribution in [0, 0.1) is 27.8 Å². The number of carbonyl (C=O) groups is 1. The summed E-state index contributed by atoms with van der Waals surface area (Å²) in [4.78, 5) is 19.9. The molecule has 1 N–H and O–H groups in total. The van der Waals surface area contributed by atoms with Gasteiger partial charge in [0.1, 0.15) is 17.8 Å². The number of hydrogen-bond acceptors (Lipinski definition) is 3. The monoisotopic (exact) mass is 223 g/mol. The molecule has 0 saturated heterocycles. The Bertz CT molecular complexity index is 501. The number of rotatable bonds is 2. The summed E-state index contributed by atoms with van der Waals surface area (Å²) in [6.07, 6.45) is -0.422. The van der Waals surface area contributed by atoms with E-state index < -0.39 is 28.8 Å². The van der Waals surface area contributed by atoms with E-state index in [4.69, 9.17) is 5.11 Å². The fourth-order valence-corrected chi connectivity index (χ4v) is 0.977. The number of hydrogen-bond donors (Lipinski definition) is 1. The van der Waals surface area contributed by atoms with E-state index >= 15 is 0 Å². The topological polar surface area (TPSA) is 80.4 Å². The number of carboxylic acid groups (broad SMARTS) is 1. The van der Waals surface area contributed by atoms with Gasteiger partial charge in [-0.3, -0.25) is 14.9 Å². The molecular formula is C10H6FNO4. The minimum Gasteiger partial charge on any atom is -0.481 e. The lowest BCUT2D eigenvalue weighted by atomic mass is 10.2. The quantitative estimate of drug-likeness (QED) is 0.468. The van der Waals surface area contributed by atoms with E-state index in [-0.39, 0.29) is 5.56 Å². The molecule has 0 heterocycles. The van der Waals surface area contributed by atoms with Crippen LogP contribution in [0.5, 0.6) is 0 Å². The zero-order valence-electron chi connectivity index (χ0n) is 7.94. The Morgan fingerprint density at radius 3 is 2.81 bits per heavy atom. The number of aliphatic carboxylic acids is 1. The fraction of sp³-hybridized carbons (Fsp3) is 0.100. The average molecular weight is 223 g/mol. The first-order valence-corrected chi connectivity index (χ1v) is 4.15. The zero-order chi connectivity index (χ0) is 12.1. The molecular weight excluding hydrogens is 217 g/mol. The second kappa shape index (κ2) is 4.89. The Morgan fingerprint density at radius 2 is 2.25 bits per heavy atom. The van der Waals surface area contributed by atoms with E-state index in [2.05, 4.69) is 11.8 Å². The van der Waals surface area contributed by atoms with Crippen LogP contribution >= 0.6 is 0 Å². The largest absolute Gasteiger partial charge is 0.481 e. The third-order valence-electron chi connectivity index (χ3n) is 1.62. The van der Waals surface area contributed by atoms with E-state index in [0.717, 1.165) is 18.2 Å². The Labute approximate surface area is 89.7 Å². The molecule has 82 valence electrons. The van der Waals surface area contributed by atoms with E-state index in [1.165, 1.54) is 0 Å². The number of nitro benzene ring substituents is 1. The lowest BCUT2D eigenvalue weighted by Crippen LogP contribution is -1.94. The Balaban J connectivity index is 3.07. The maximum Gasteiger partial charge on any atom is 0.315 e. The molecule has 0 amide bonds. The molecule has 1 rings (SSSR count). The molecule has 0 bridgehead atoms. The molecule has 0 aliphatic carbocycles. The first-order valence-electron chi connectivity index (χ1n) is 4.15.